The molecule has 2 heterocycles. The minimum atomic E-state index is 0.163. The van der Waals surface area contributed by atoms with E-state index in [2.05, 4.69) is 5.32 Å². The van der Waals surface area contributed by atoms with Gasteiger partial charge < -0.3 is 15.2 Å². The van der Waals surface area contributed by atoms with E-state index in [1.54, 1.807) is 11.3 Å². The first-order chi connectivity index (χ1) is 10.9. The second kappa shape index (κ2) is 8.88. The molecule has 0 aliphatic carbocycles. The molecule has 5 heteroatoms. The van der Waals surface area contributed by atoms with Gasteiger partial charge in [-0.15, -0.1) is 11.3 Å². The lowest BCUT2D eigenvalue weighted by Gasteiger charge is -2.09. The molecule has 0 amide bonds. The third-order valence-corrected chi connectivity index (χ3v) is 4.42. The monoisotopic (exact) mass is 320 g/mol. The Morgan fingerprint density at radius 1 is 1.27 bits per heavy atom. The van der Waals surface area contributed by atoms with E-state index in [4.69, 9.17) is 14.8 Å². The first-order valence-corrected chi connectivity index (χ1v) is 8.72. The number of ether oxygens (including phenoxy) is 1. The van der Waals surface area contributed by atoms with E-state index in [0.29, 0.717) is 13.0 Å². The van der Waals surface area contributed by atoms with Crippen LogP contribution in [-0.4, -0.2) is 29.8 Å². The van der Waals surface area contributed by atoms with Gasteiger partial charge in [-0.25, -0.2) is 4.98 Å². The Bertz CT molecular complexity index is 543. The molecule has 3 rings (SSSR count). The zero-order chi connectivity index (χ0) is 15.8. The summed E-state index contributed by atoms with van der Waals surface area (Å²) in [5.41, 5.74) is 2.38. The minimum absolute atomic E-state index is 0.163. The Kier molecular flexibility index (Phi) is 6.83. The first-order valence-electron chi connectivity index (χ1n) is 7.90. The molecule has 0 bridgehead atoms. The van der Waals surface area contributed by atoms with Gasteiger partial charge in [-0.2, -0.15) is 0 Å². The predicted octanol–water partition coefficient (Wildman–Crippen LogP) is 3.24. The van der Waals surface area contributed by atoms with E-state index in [9.17, 15) is 0 Å². The summed E-state index contributed by atoms with van der Waals surface area (Å²) < 4.78 is 5.53. The van der Waals surface area contributed by atoms with Crippen LogP contribution >= 0.6 is 11.3 Å². The number of aliphatic hydroxyl groups is 1. The summed E-state index contributed by atoms with van der Waals surface area (Å²) in [6, 6.07) is 8.02. The number of rotatable bonds is 5. The highest BCUT2D eigenvalue weighted by molar-refractivity contribution is 7.15. The molecular formula is C17H24N2O2S. The van der Waals surface area contributed by atoms with E-state index in [1.165, 1.54) is 10.6 Å². The van der Waals surface area contributed by atoms with E-state index in [-0.39, 0.29) is 6.61 Å². The quantitative estimate of drug-likeness (QED) is 0.831. The fraction of sp³-hybridized carbons (Fsp3) is 0.471. The van der Waals surface area contributed by atoms with Crippen molar-refractivity contribution in [2.45, 2.75) is 33.2 Å². The lowest BCUT2D eigenvalue weighted by atomic mass is 10.2. The van der Waals surface area contributed by atoms with Gasteiger partial charge in [0.05, 0.1) is 12.3 Å². The van der Waals surface area contributed by atoms with Crippen molar-refractivity contribution in [2.24, 2.45) is 0 Å². The summed E-state index contributed by atoms with van der Waals surface area (Å²) in [6.45, 7) is 6.67. The smallest absolute Gasteiger partial charge is 0.123 e. The fourth-order valence-electron chi connectivity index (χ4n) is 2.20. The summed E-state index contributed by atoms with van der Waals surface area (Å²) >= 11 is 1.77. The number of thiazole rings is 1. The zero-order valence-corrected chi connectivity index (χ0v) is 14.1. The van der Waals surface area contributed by atoms with Crippen molar-refractivity contribution in [3.63, 3.8) is 0 Å². The van der Waals surface area contributed by atoms with Gasteiger partial charge >= 0.3 is 0 Å². The number of fused-ring (bicyclic) bond motifs is 1. The molecule has 22 heavy (non-hydrogen) atoms. The Labute approximate surface area is 136 Å². The van der Waals surface area contributed by atoms with E-state index in [0.717, 1.165) is 35.8 Å². The minimum Gasteiger partial charge on any atom is -0.494 e. The van der Waals surface area contributed by atoms with Crippen LogP contribution in [-0.2, 0) is 13.0 Å². The molecule has 2 aromatic rings. The average molecular weight is 320 g/mol. The molecule has 1 aliphatic rings. The lowest BCUT2D eigenvalue weighted by molar-refractivity contribution is 0.233. The SMILES string of the molecule is CC.OCCCOc1ccc(-c2nc3c(s2)CNCC3)cc1. The van der Waals surface area contributed by atoms with E-state index >= 15 is 0 Å². The van der Waals surface area contributed by atoms with Gasteiger partial charge in [0.25, 0.3) is 0 Å². The van der Waals surface area contributed by atoms with Crippen LogP contribution in [0.5, 0.6) is 5.75 Å². The lowest BCUT2D eigenvalue weighted by Crippen LogP contribution is -2.22. The highest BCUT2D eigenvalue weighted by Crippen LogP contribution is 2.30. The second-order valence-electron chi connectivity index (χ2n) is 4.77. The van der Waals surface area contributed by atoms with Crippen LogP contribution in [0.2, 0.25) is 0 Å². The Hall–Kier alpha value is -1.43. The van der Waals surface area contributed by atoms with Crippen LogP contribution in [0.3, 0.4) is 0 Å². The van der Waals surface area contributed by atoms with Crippen molar-refractivity contribution in [3.8, 4) is 16.3 Å². The maximum absolute atomic E-state index is 8.73. The molecule has 0 atom stereocenters. The third kappa shape index (κ3) is 4.29. The highest BCUT2D eigenvalue weighted by atomic mass is 32.1. The molecule has 0 unspecified atom stereocenters. The molecular weight excluding hydrogens is 296 g/mol. The van der Waals surface area contributed by atoms with Crippen LogP contribution < -0.4 is 10.1 Å². The fourth-order valence-corrected chi connectivity index (χ4v) is 3.28. The maximum Gasteiger partial charge on any atom is 0.123 e. The molecule has 0 radical (unpaired) electrons. The van der Waals surface area contributed by atoms with Crippen molar-refractivity contribution in [2.75, 3.05) is 19.8 Å². The third-order valence-electron chi connectivity index (χ3n) is 3.27. The maximum atomic E-state index is 8.73. The molecule has 0 fully saturated rings. The van der Waals surface area contributed by atoms with Gasteiger partial charge in [0.1, 0.15) is 10.8 Å². The predicted molar refractivity (Wildman–Crippen MR) is 91.5 cm³/mol. The molecule has 0 saturated heterocycles. The largest absolute Gasteiger partial charge is 0.494 e. The summed E-state index contributed by atoms with van der Waals surface area (Å²) in [5, 5.41) is 13.2. The van der Waals surface area contributed by atoms with Crippen LogP contribution in [0.25, 0.3) is 10.6 Å². The Morgan fingerprint density at radius 2 is 2.05 bits per heavy atom. The molecule has 2 N–H and O–H groups in total. The van der Waals surface area contributed by atoms with Crippen LogP contribution in [0, 0.1) is 0 Å². The Balaban J connectivity index is 0.000000847. The Morgan fingerprint density at radius 3 is 2.73 bits per heavy atom. The molecule has 4 nitrogen and oxygen atoms in total. The van der Waals surface area contributed by atoms with Crippen molar-refractivity contribution >= 4 is 11.3 Å². The van der Waals surface area contributed by atoms with Gasteiger partial charge in [0.15, 0.2) is 0 Å². The number of hydrogen-bond donors (Lipinski definition) is 2. The van der Waals surface area contributed by atoms with Crippen molar-refractivity contribution < 1.29 is 9.84 Å². The molecule has 0 spiro atoms. The van der Waals surface area contributed by atoms with Crippen LogP contribution in [0.1, 0.15) is 30.8 Å². The summed E-state index contributed by atoms with van der Waals surface area (Å²) in [7, 11) is 0. The number of benzene rings is 1. The van der Waals surface area contributed by atoms with E-state index < -0.39 is 0 Å². The number of nitrogens with zero attached hydrogens (tertiary/aromatic N) is 1. The summed E-state index contributed by atoms with van der Waals surface area (Å²) in [5.74, 6) is 0.838. The van der Waals surface area contributed by atoms with Gasteiger partial charge in [-0.3, -0.25) is 0 Å². The number of aliphatic hydroxyl groups excluding tert-OH is 1. The normalized spacial score (nSPS) is 13.0. The molecule has 120 valence electrons. The summed E-state index contributed by atoms with van der Waals surface area (Å²) in [6.07, 6.45) is 1.68. The zero-order valence-electron chi connectivity index (χ0n) is 13.3. The number of hydrogen-bond acceptors (Lipinski definition) is 5. The van der Waals surface area contributed by atoms with Crippen molar-refractivity contribution in [1.29, 1.82) is 0 Å². The number of nitrogens with one attached hydrogen (secondary N) is 1. The van der Waals surface area contributed by atoms with Gasteiger partial charge in [0, 0.05) is 43.0 Å². The highest BCUT2D eigenvalue weighted by Gasteiger charge is 2.15. The van der Waals surface area contributed by atoms with Crippen LogP contribution in [0.15, 0.2) is 24.3 Å². The summed E-state index contributed by atoms with van der Waals surface area (Å²) in [4.78, 5) is 6.09. The molecule has 1 aromatic heterocycles. The van der Waals surface area contributed by atoms with E-state index in [1.807, 2.05) is 38.1 Å². The second-order valence-corrected chi connectivity index (χ2v) is 5.85. The van der Waals surface area contributed by atoms with Gasteiger partial charge in [-0.1, -0.05) is 13.8 Å². The molecule has 1 aromatic carbocycles. The standard InChI is InChI=1S/C15H18N2O2S.C2H6/c18-8-1-9-19-12-4-2-11(3-5-12)15-17-13-6-7-16-10-14(13)20-15;1-2/h2-5,16,18H,1,6-10H2;1-2H3. The number of aromatic nitrogens is 1. The molecule has 1 aliphatic heterocycles. The first kappa shape index (κ1) is 16.9. The van der Waals surface area contributed by atoms with Crippen LogP contribution in [0.4, 0.5) is 0 Å². The molecule has 0 saturated carbocycles. The van der Waals surface area contributed by atoms with Crippen molar-refractivity contribution in [1.82, 2.24) is 10.3 Å². The topological polar surface area (TPSA) is 54.4 Å². The van der Waals surface area contributed by atoms with Crippen molar-refractivity contribution in [3.05, 3.63) is 34.8 Å². The van der Waals surface area contributed by atoms with Gasteiger partial charge in [-0.05, 0) is 24.3 Å². The average Bonchev–Trinajstić information content (AvgIpc) is 3.02. The van der Waals surface area contributed by atoms with Gasteiger partial charge in [0.2, 0.25) is 0 Å².